The summed E-state index contributed by atoms with van der Waals surface area (Å²) in [5.74, 6) is -1.52. The van der Waals surface area contributed by atoms with Crippen LogP contribution in [-0.2, 0) is 4.79 Å². The monoisotopic (exact) mass is 307 g/mol. The van der Waals surface area contributed by atoms with Crippen molar-refractivity contribution in [2.24, 2.45) is 0 Å². The Kier molecular flexibility index (Phi) is 4.62. The zero-order chi connectivity index (χ0) is 15.2. The largest absolute Gasteiger partial charge is 0.478 e. The number of halogens is 1. The van der Waals surface area contributed by atoms with Crippen molar-refractivity contribution < 1.29 is 19.1 Å². The van der Waals surface area contributed by atoms with E-state index in [9.17, 15) is 14.0 Å². The van der Waals surface area contributed by atoms with Crippen LogP contribution in [0.3, 0.4) is 0 Å². The van der Waals surface area contributed by atoms with Gasteiger partial charge in [-0.05, 0) is 24.3 Å². The van der Waals surface area contributed by atoms with Crippen LogP contribution >= 0.6 is 11.3 Å². The lowest BCUT2D eigenvalue weighted by molar-refractivity contribution is -0.131. The maximum Gasteiger partial charge on any atom is 0.328 e. The molecule has 2 rings (SSSR count). The van der Waals surface area contributed by atoms with Crippen LogP contribution in [0.15, 0.2) is 36.5 Å². The minimum atomic E-state index is -1.07. The number of anilines is 2. The Hall–Kier alpha value is -2.74. The van der Waals surface area contributed by atoms with Gasteiger partial charge in [-0.25, -0.2) is 19.0 Å². The van der Waals surface area contributed by atoms with Gasteiger partial charge in [-0.15, -0.1) is 0 Å². The van der Waals surface area contributed by atoms with Crippen LogP contribution in [0, 0.1) is 5.82 Å². The Morgan fingerprint density at radius 2 is 2.14 bits per heavy atom. The van der Waals surface area contributed by atoms with Gasteiger partial charge in [-0.3, -0.25) is 5.32 Å². The molecule has 0 spiro atoms. The summed E-state index contributed by atoms with van der Waals surface area (Å²) in [7, 11) is 0. The summed E-state index contributed by atoms with van der Waals surface area (Å²) in [4.78, 5) is 26.6. The minimum Gasteiger partial charge on any atom is -0.478 e. The first kappa shape index (κ1) is 14.7. The summed E-state index contributed by atoms with van der Waals surface area (Å²) < 4.78 is 13.0. The first-order valence-corrected chi connectivity index (χ1v) is 6.55. The number of urea groups is 1. The number of nitrogens with zero attached hydrogens (tertiary/aromatic N) is 1. The number of thiazole rings is 1. The molecule has 0 aliphatic carbocycles. The number of carbonyl (C=O) groups excluding carboxylic acids is 1. The molecule has 0 fully saturated rings. The second-order valence-electron chi connectivity index (χ2n) is 3.83. The Morgan fingerprint density at radius 3 is 2.86 bits per heavy atom. The first-order valence-electron chi connectivity index (χ1n) is 5.73. The van der Waals surface area contributed by atoms with Crippen LogP contribution in [-0.4, -0.2) is 22.1 Å². The lowest BCUT2D eigenvalue weighted by Crippen LogP contribution is -2.19. The van der Waals surface area contributed by atoms with Gasteiger partial charge in [0.1, 0.15) is 5.82 Å². The number of carboxylic acid groups (broad SMARTS) is 1. The third kappa shape index (κ3) is 4.69. The van der Waals surface area contributed by atoms with Crippen molar-refractivity contribution in [3.63, 3.8) is 0 Å². The number of amides is 2. The van der Waals surface area contributed by atoms with Gasteiger partial charge in [0.15, 0.2) is 5.13 Å². The SMILES string of the molecule is O=C(O)C=Cc1cnc(NC(=O)Nc2cccc(F)c2)s1. The molecule has 0 saturated carbocycles. The van der Waals surface area contributed by atoms with E-state index in [4.69, 9.17) is 5.11 Å². The van der Waals surface area contributed by atoms with E-state index in [-0.39, 0.29) is 0 Å². The topological polar surface area (TPSA) is 91.3 Å². The van der Waals surface area contributed by atoms with Gasteiger partial charge in [0.05, 0.1) is 0 Å². The fourth-order valence-electron chi connectivity index (χ4n) is 1.40. The number of hydrogen-bond acceptors (Lipinski definition) is 4. The summed E-state index contributed by atoms with van der Waals surface area (Å²) >= 11 is 1.11. The minimum absolute atomic E-state index is 0.300. The van der Waals surface area contributed by atoms with Crippen LogP contribution in [0.25, 0.3) is 6.08 Å². The van der Waals surface area contributed by atoms with Gasteiger partial charge in [0.2, 0.25) is 0 Å². The smallest absolute Gasteiger partial charge is 0.328 e. The summed E-state index contributed by atoms with van der Waals surface area (Å²) in [6.45, 7) is 0. The third-order valence-electron chi connectivity index (χ3n) is 2.22. The molecule has 0 unspecified atom stereocenters. The van der Waals surface area contributed by atoms with Gasteiger partial charge in [0.25, 0.3) is 0 Å². The molecule has 0 radical (unpaired) electrons. The molecule has 1 aromatic carbocycles. The summed E-state index contributed by atoms with van der Waals surface area (Å²) in [6, 6.07) is 4.91. The molecule has 2 amide bonds. The molecule has 1 heterocycles. The molecular formula is C13H10FN3O3S. The quantitative estimate of drug-likeness (QED) is 0.757. The number of benzene rings is 1. The van der Waals surface area contributed by atoms with Crippen molar-refractivity contribution in [3.05, 3.63) is 47.2 Å². The summed E-state index contributed by atoms with van der Waals surface area (Å²) in [5, 5.41) is 13.7. The van der Waals surface area contributed by atoms with E-state index in [1.54, 1.807) is 6.07 Å². The molecule has 0 aliphatic heterocycles. The maximum absolute atomic E-state index is 13.0. The van der Waals surface area contributed by atoms with Crippen molar-refractivity contribution in [1.29, 1.82) is 0 Å². The second kappa shape index (κ2) is 6.62. The van der Waals surface area contributed by atoms with Gasteiger partial charge in [-0.2, -0.15) is 0 Å². The number of carboxylic acids is 1. The van der Waals surface area contributed by atoms with Gasteiger partial charge >= 0.3 is 12.0 Å². The molecule has 1 aromatic heterocycles. The van der Waals surface area contributed by atoms with E-state index >= 15 is 0 Å². The highest BCUT2D eigenvalue weighted by Gasteiger charge is 2.06. The Labute approximate surface area is 123 Å². The molecule has 8 heteroatoms. The van der Waals surface area contributed by atoms with Crippen LogP contribution in [0.5, 0.6) is 0 Å². The van der Waals surface area contributed by atoms with Crippen molar-refractivity contribution >= 4 is 40.2 Å². The van der Waals surface area contributed by atoms with E-state index in [1.807, 2.05) is 0 Å². The Balaban J connectivity index is 1.95. The number of aromatic nitrogens is 1. The van der Waals surface area contributed by atoms with Gasteiger partial charge < -0.3 is 10.4 Å². The Morgan fingerprint density at radius 1 is 1.33 bits per heavy atom. The molecule has 0 aliphatic rings. The van der Waals surface area contributed by atoms with Crippen molar-refractivity contribution in [2.75, 3.05) is 10.6 Å². The molecule has 0 saturated heterocycles. The number of carbonyl (C=O) groups is 2. The zero-order valence-electron chi connectivity index (χ0n) is 10.5. The van der Waals surface area contributed by atoms with Crippen LogP contribution in [0.4, 0.5) is 20.0 Å². The van der Waals surface area contributed by atoms with E-state index in [0.717, 1.165) is 17.4 Å². The van der Waals surface area contributed by atoms with Crippen LogP contribution < -0.4 is 10.6 Å². The molecule has 3 N–H and O–H groups in total. The van der Waals surface area contributed by atoms with Crippen LogP contribution in [0.2, 0.25) is 0 Å². The highest BCUT2D eigenvalue weighted by molar-refractivity contribution is 7.16. The van der Waals surface area contributed by atoms with Crippen molar-refractivity contribution in [3.8, 4) is 0 Å². The van der Waals surface area contributed by atoms with Gasteiger partial charge in [0, 0.05) is 22.8 Å². The standard InChI is InChI=1S/C13H10FN3O3S/c14-8-2-1-3-9(6-8)16-12(20)17-13-15-7-10(21-13)4-5-11(18)19/h1-7H,(H,18,19)(H2,15,16,17,20). The molecular weight excluding hydrogens is 297 g/mol. The van der Waals surface area contributed by atoms with E-state index < -0.39 is 17.8 Å². The molecule has 108 valence electrons. The van der Waals surface area contributed by atoms with E-state index in [1.165, 1.54) is 30.5 Å². The number of nitrogens with one attached hydrogen (secondary N) is 2. The molecule has 2 aromatic rings. The Bertz CT molecular complexity index is 699. The number of rotatable bonds is 4. The van der Waals surface area contributed by atoms with Gasteiger partial charge in [-0.1, -0.05) is 17.4 Å². The van der Waals surface area contributed by atoms with Crippen molar-refractivity contribution in [2.45, 2.75) is 0 Å². The maximum atomic E-state index is 13.0. The molecule has 6 nitrogen and oxygen atoms in total. The predicted molar refractivity (Wildman–Crippen MR) is 77.8 cm³/mol. The van der Waals surface area contributed by atoms with E-state index in [2.05, 4.69) is 15.6 Å². The zero-order valence-corrected chi connectivity index (χ0v) is 11.4. The third-order valence-corrected chi connectivity index (χ3v) is 3.09. The fourth-order valence-corrected chi connectivity index (χ4v) is 2.11. The number of aliphatic carboxylic acids is 1. The molecule has 0 bridgehead atoms. The first-order chi connectivity index (χ1) is 10.0. The lowest BCUT2D eigenvalue weighted by atomic mass is 10.3. The second-order valence-corrected chi connectivity index (χ2v) is 4.89. The molecule has 21 heavy (non-hydrogen) atoms. The lowest BCUT2D eigenvalue weighted by Gasteiger charge is -2.04. The highest BCUT2D eigenvalue weighted by Crippen LogP contribution is 2.19. The van der Waals surface area contributed by atoms with E-state index in [0.29, 0.717) is 15.7 Å². The van der Waals surface area contributed by atoms with Crippen molar-refractivity contribution in [1.82, 2.24) is 4.98 Å². The molecule has 0 atom stereocenters. The number of hydrogen-bond donors (Lipinski definition) is 3. The predicted octanol–water partition coefficient (Wildman–Crippen LogP) is 3.02. The average Bonchev–Trinajstić information content (AvgIpc) is 2.83. The van der Waals surface area contributed by atoms with Crippen LogP contribution in [0.1, 0.15) is 4.88 Å². The normalized spacial score (nSPS) is 10.5. The summed E-state index contributed by atoms with van der Waals surface area (Å²) in [6.07, 6.45) is 3.78. The fraction of sp³-hybridized carbons (Fsp3) is 0. The highest BCUT2D eigenvalue weighted by atomic mass is 32.1. The summed E-state index contributed by atoms with van der Waals surface area (Å²) in [5.41, 5.74) is 0.315. The average molecular weight is 307 g/mol.